The number of nitrogens with one attached hydrogen (secondary N) is 1. The van der Waals surface area contributed by atoms with Crippen molar-refractivity contribution in [2.24, 2.45) is 0 Å². The van der Waals surface area contributed by atoms with Crippen LogP contribution in [-0.4, -0.2) is 33.2 Å². The highest BCUT2D eigenvalue weighted by Gasteiger charge is 2.19. The van der Waals surface area contributed by atoms with Crippen LogP contribution in [0.4, 0.5) is 11.4 Å². The van der Waals surface area contributed by atoms with Gasteiger partial charge >= 0.3 is 5.97 Å². The third-order valence-corrected chi connectivity index (χ3v) is 6.57. The Morgan fingerprint density at radius 2 is 1.65 bits per heavy atom. The van der Waals surface area contributed by atoms with E-state index in [9.17, 15) is 18.0 Å². The van der Waals surface area contributed by atoms with Gasteiger partial charge in [-0.15, -0.1) is 0 Å². The molecular weight excluding hydrogens is 476 g/mol. The van der Waals surface area contributed by atoms with E-state index in [2.05, 4.69) is 5.32 Å². The highest BCUT2D eigenvalue weighted by molar-refractivity contribution is 7.92. The lowest BCUT2D eigenvalue weighted by atomic mass is 10.1. The van der Waals surface area contributed by atoms with Gasteiger partial charge in [-0.05, 0) is 67.4 Å². The van der Waals surface area contributed by atoms with Crippen molar-refractivity contribution in [1.82, 2.24) is 0 Å². The van der Waals surface area contributed by atoms with Crippen molar-refractivity contribution in [3.63, 3.8) is 0 Å². The third kappa shape index (κ3) is 6.15. The fraction of sp³-hybridized carbons (Fsp3) is 0.200. The minimum absolute atomic E-state index is 0.180. The van der Waals surface area contributed by atoms with E-state index < -0.39 is 21.9 Å². The zero-order valence-corrected chi connectivity index (χ0v) is 20.6. The number of esters is 1. The van der Waals surface area contributed by atoms with Crippen molar-refractivity contribution in [2.75, 3.05) is 22.5 Å². The van der Waals surface area contributed by atoms with Crippen LogP contribution in [0.1, 0.15) is 38.8 Å². The Bertz CT molecular complexity index is 1310. The van der Waals surface area contributed by atoms with Crippen LogP contribution in [0.3, 0.4) is 0 Å². The van der Waals surface area contributed by atoms with Crippen molar-refractivity contribution < 1.29 is 22.7 Å². The lowest BCUT2D eigenvalue weighted by Crippen LogP contribution is -2.29. The molecular formula is C25H25ClN2O5S. The number of anilines is 2. The lowest BCUT2D eigenvalue weighted by molar-refractivity contribution is 0.0526. The number of sulfonamides is 1. The van der Waals surface area contributed by atoms with Crippen molar-refractivity contribution in [3.8, 4) is 0 Å². The summed E-state index contributed by atoms with van der Waals surface area (Å²) in [5.74, 6) is -0.930. The number of benzene rings is 3. The summed E-state index contributed by atoms with van der Waals surface area (Å²) < 4.78 is 31.2. The molecule has 178 valence electrons. The fourth-order valence-corrected chi connectivity index (χ4v) is 4.38. The molecule has 1 amide bonds. The zero-order chi connectivity index (χ0) is 24.9. The van der Waals surface area contributed by atoms with E-state index in [1.165, 1.54) is 22.5 Å². The first-order valence-corrected chi connectivity index (χ1v) is 12.7. The summed E-state index contributed by atoms with van der Waals surface area (Å²) in [6.07, 6.45) is 1.15. The van der Waals surface area contributed by atoms with Gasteiger partial charge in [0.15, 0.2) is 0 Å². The number of amides is 1. The molecule has 0 fully saturated rings. The Morgan fingerprint density at radius 1 is 1.00 bits per heavy atom. The molecule has 0 bridgehead atoms. The van der Waals surface area contributed by atoms with Gasteiger partial charge in [-0.3, -0.25) is 9.10 Å². The molecule has 0 spiro atoms. The Hall–Kier alpha value is -3.36. The van der Waals surface area contributed by atoms with E-state index in [4.69, 9.17) is 16.3 Å². The van der Waals surface area contributed by atoms with Gasteiger partial charge in [-0.2, -0.15) is 0 Å². The predicted molar refractivity (Wildman–Crippen MR) is 134 cm³/mol. The van der Waals surface area contributed by atoms with Gasteiger partial charge in [0.1, 0.15) is 0 Å². The summed E-state index contributed by atoms with van der Waals surface area (Å²) >= 11 is 6.22. The molecule has 3 aromatic rings. The Labute approximate surface area is 204 Å². The monoisotopic (exact) mass is 500 g/mol. The molecule has 3 rings (SSSR count). The van der Waals surface area contributed by atoms with Crippen molar-refractivity contribution in [3.05, 3.63) is 94.0 Å². The predicted octanol–water partition coefficient (Wildman–Crippen LogP) is 5.04. The van der Waals surface area contributed by atoms with E-state index in [0.717, 1.165) is 17.4 Å². The zero-order valence-electron chi connectivity index (χ0n) is 19.0. The van der Waals surface area contributed by atoms with Gasteiger partial charge in [-0.1, -0.05) is 35.9 Å². The van der Waals surface area contributed by atoms with Crippen LogP contribution >= 0.6 is 11.6 Å². The van der Waals surface area contributed by atoms with Crippen LogP contribution in [0.2, 0.25) is 5.02 Å². The quantitative estimate of drug-likeness (QED) is 0.437. The number of hydrogen-bond acceptors (Lipinski definition) is 5. The molecule has 0 aliphatic heterocycles. The summed E-state index contributed by atoms with van der Waals surface area (Å²) in [4.78, 5) is 24.5. The van der Waals surface area contributed by atoms with E-state index in [-0.39, 0.29) is 23.7 Å². The smallest absolute Gasteiger partial charge is 0.338 e. The summed E-state index contributed by atoms with van der Waals surface area (Å²) in [6.45, 7) is 4.05. The largest absolute Gasteiger partial charge is 0.462 e. The Kier molecular flexibility index (Phi) is 7.96. The average Bonchev–Trinajstić information content (AvgIpc) is 2.79. The maximum absolute atomic E-state index is 12.7. The molecule has 0 saturated carbocycles. The summed E-state index contributed by atoms with van der Waals surface area (Å²) in [6, 6.07) is 18.3. The average molecular weight is 501 g/mol. The first kappa shape index (κ1) is 25.3. The lowest BCUT2D eigenvalue weighted by Gasteiger charge is -2.23. The second-order valence-corrected chi connectivity index (χ2v) is 9.93. The van der Waals surface area contributed by atoms with Crippen LogP contribution in [0.5, 0.6) is 0 Å². The maximum Gasteiger partial charge on any atom is 0.338 e. The second-order valence-electron chi connectivity index (χ2n) is 7.61. The SMILES string of the molecule is CCOC(=O)c1ccc(NC(=O)c2ccc(N(Cc3ccccc3C)S(C)(=O)=O)cc2)c(Cl)c1. The molecule has 1 N–H and O–H groups in total. The van der Waals surface area contributed by atoms with Gasteiger partial charge in [0, 0.05) is 5.56 Å². The highest BCUT2D eigenvalue weighted by Crippen LogP contribution is 2.26. The number of hydrogen-bond donors (Lipinski definition) is 1. The molecule has 9 heteroatoms. The number of carbonyl (C=O) groups is 2. The van der Waals surface area contributed by atoms with Crippen LogP contribution in [-0.2, 0) is 21.3 Å². The fourth-order valence-electron chi connectivity index (χ4n) is 3.27. The van der Waals surface area contributed by atoms with Gasteiger partial charge in [0.05, 0.1) is 41.4 Å². The van der Waals surface area contributed by atoms with Gasteiger partial charge in [0.2, 0.25) is 10.0 Å². The minimum atomic E-state index is -3.56. The normalized spacial score (nSPS) is 11.1. The first-order chi connectivity index (χ1) is 16.1. The summed E-state index contributed by atoms with van der Waals surface area (Å²) in [7, 11) is -3.56. The van der Waals surface area contributed by atoms with Crippen molar-refractivity contribution >= 4 is 44.9 Å². The number of halogens is 1. The summed E-state index contributed by atoms with van der Waals surface area (Å²) in [5.41, 5.74) is 3.25. The highest BCUT2D eigenvalue weighted by atomic mass is 35.5. The topological polar surface area (TPSA) is 92.8 Å². The van der Waals surface area contributed by atoms with Crippen LogP contribution in [0, 0.1) is 6.92 Å². The molecule has 0 aliphatic carbocycles. The van der Waals surface area contributed by atoms with Gasteiger partial charge in [0.25, 0.3) is 5.91 Å². The molecule has 7 nitrogen and oxygen atoms in total. The molecule has 0 heterocycles. The molecule has 0 saturated heterocycles. The Morgan fingerprint density at radius 3 is 2.24 bits per heavy atom. The Balaban J connectivity index is 1.78. The molecule has 34 heavy (non-hydrogen) atoms. The van der Waals surface area contributed by atoms with Crippen LogP contribution in [0.15, 0.2) is 66.7 Å². The third-order valence-electron chi connectivity index (χ3n) is 5.12. The second kappa shape index (κ2) is 10.7. The molecule has 0 aliphatic rings. The van der Waals surface area contributed by atoms with Crippen LogP contribution < -0.4 is 9.62 Å². The van der Waals surface area contributed by atoms with E-state index >= 15 is 0 Å². The van der Waals surface area contributed by atoms with Gasteiger partial charge < -0.3 is 10.1 Å². The number of aryl methyl sites for hydroxylation is 1. The molecule has 3 aromatic carbocycles. The van der Waals surface area contributed by atoms with E-state index in [1.54, 1.807) is 31.2 Å². The number of nitrogens with zero attached hydrogens (tertiary/aromatic N) is 1. The molecule has 0 radical (unpaired) electrons. The number of rotatable bonds is 8. The maximum atomic E-state index is 12.7. The van der Waals surface area contributed by atoms with Gasteiger partial charge in [-0.25, -0.2) is 13.2 Å². The molecule has 0 unspecified atom stereocenters. The van der Waals surface area contributed by atoms with Crippen LogP contribution in [0.25, 0.3) is 0 Å². The molecule has 0 atom stereocenters. The first-order valence-electron chi connectivity index (χ1n) is 10.5. The van der Waals surface area contributed by atoms with Crippen molar-refractivity contribution in [2.45, 2.75) is 20.4 Å². The minimum Gasteiger partial charge on any atom is -0.462 e. The van der Waals surface area contributed by atoms with Crippen molar-refractivity contribution in [1.29, 1.82) is 0 Å². The van der Waals surface area contributed by atoms with E-state index in [0.29, 0.717) is 16.9 Å². The van der Waals surface area contributed by atoms with E-state index in [1.807, 2.05) is 31.2 Å². The summed E-state index contributed by atoms with van der Waals surface area (Å²) in [5, 5.41) is 2.89. The molecule has 0 aromatic heterocycles. The number of ether oxygens (including phenoxy) is 1. The standard InChI is InChI=1S/C25H25ClN2O5S/c1-4-33-25(30)19-11-14-23(22(26)15-19)27-24(29)18-9-12-21(13-10-18)28(34(3,31)32)16-20-8-6-5-7-17(20)2/h5-15H,4,16H2,1-3H3,(H,27,29). The number of carbonyl (C=O) groups excluding carboxylic acids is 2.